The number of aliphatic carboxylic acids is 1. The Morgan fingerprint density at radius 3 is 2.21 bits per heavy atom. The minimum atomic E-state index is -1.52. The van der Waals surface area contributed by atoms with Crippen molar-refractivity contribution in [1.29, 1.82) is 0 Å². The lowest BCUT2D eigenvalue weighted by atomic mass is 10.0. The molecule has 0 bridgehead atoms. The van der Waals surface area contributed by atoms with Crippen LogP contribution in [0, 0.1) is 5.92 Å². The molecule has 5 atom stereocenters. The summed E-state index contributed by atoms with van der Waals surface area (Å²) in [5.74, 6) is -3.08. The minimum absolute atomic E-state index is 0.201. The Kier molecular flexibility index (Phi) is 11.9. The summed E-state index contributed by atoms with van der Waals surface area (Å²) in [6.45, 7) is 4.71. The highest BCUT2D eigenvalue weighted by atomic mass is 32.2. The molecule has 33 heavy (non-hydrogen) atoms. The van der Waals surface area contributed by atoms with E-state index in [1.54, 1.807) is 20.0 Å². The number of aliphatic hydroxyl groups excluding tert-OH is 1. The number of nitrogens with two attached hydrogens (primary N) is 1. The van der Waals surface area contributed by atoms with Crippen molar-refractivity contribution < 1.29 is 29.4 Å². The molecule has 0 radical (unpaired) electrons. The summed E-state index contributed by atoms with van der Waals surface area (Å²) >= 11 is 1.45. The Morgan fingerprint density at radius 1 is 1.09 bits per heavy atom. The first-order valence-electron chi connectivity index (χ1n) is 10.5. The minimum Gasteiger partial charge on any atom is -0.480 e. The third-order valence-electron chi connectivity index (χ3n) is 4.87. The Morgan fingerprint density at radius 2 is 1.73 bits per heavy atom. The zero-order chi connectivity index (χ0) is 25.1. The van der Waals surface area contributed by atoms with Gasteiger partial charge in [0.25, 0.3) is 0 Å². The molecule has 8 N–H and O–H groups in total. The molecule has 186 valence electrons. The normalized spacial score (nSPS) is 15.7. The maximum atomic E-state index is 13.0. The van der Waals surface area contributed by atoms with Crippen LogP contribution in [0.3, 0.4) is 0 Å². The maximum Gasteiger partial charge on any atom is 0.328 e. The number of carbonyl (C=O) groups excluding carboxylic acids is 3. The van der Waals surface area contributed by atoms with Crippen LogP contribution in [-0.2, 0) is 25.6 Å². The van der Waals surface area contributed by atoms with Crippen molar-refractivity contribution in [2.75, 3.05) is 12.0 Å². The number of carbonyl (C=O) groups is 4. The van der Waals surface area contributed by atoms with Crippen molar-refractivity contribution in [3.8, 4) is 0 Å². The molecule has 0 aliphatic heterocycles. The molecule has 5 unspecified atom stereocenters. The van der Waals surface area contributed by atoms with Crippen LogP contribution in [0.2, 0.25) is 0 Å². The van der Waals surface area contributed by atoms with E-state index in [4.69, 9.17) is 5.73 Å². The molecule has 0 aliphatic carbocycles. The zero-order valence-electron chi connectivity index (χ0n) is 19.2. The van der Waals surface area contributed by atoms with Crippen LogP contribution < -0.4 is 21.7 Å². The van der Waals surface area contributed by atoms with E-state index in [0.717, 1.165) is 0 Å². The van der Waals surface area contributed by atoms with Gasteiger partial charge in [-0.05, 0) is 31.3 Å². The average Bonchev–Trinajstić information content (AvgIpc) is 3.24. The molecule has 0 aromatic carbocycles. The monoisotopic (exact) mass is 486 g/mol. The number of nitrogens with one attached hydrogen (secondary N) is 4. The fourth-order valence-corrected chi connectivity index (χ4v) is 3.40. The van der Waals surface area contributed by atoms with Crippen molar-refractivity contribution in [1.82, 2.24) is 25.9 Å². The van der Waals surface area contributed by atoms with E-state index >= 15 is 0 Å². The van der Waals surface area contributed by atoms with Gasteiger partial charge < -0.3 is 36.9 Å². The van der Waals surface area contributed by atoms with Crippen molar-refractivity contribution in [2.45, 2.75) is 63.9 Å². The number of carboxylic acids is 1. The van der Waals surface area contributed by atoms with E-state index < -0.39 is 54.0 Å². The number of aliphatic hydroxyl groups is 1. The van der Waals surface area contributed by atoms with Crippen LogP contribution in [0.1, 0.15) is 32.9 Å². The second-order valence-corrected chi connectivity index (χ2v) is 9.01. The SMILES string of the molecule is CSCCC(NC(=O)C(NC(=O)C(N)Cc1cnc[nH]1)C(C)C)C(=O)NC(C(=O)O)C(C)O. The molecule has 0 saturated carbocycles. The standard InChI is InChI=1S/C20H34N6O6S/c1-10(2)15(25-17(28)13(21)7-12-8-22-9-23-12)19(30)24-14(5-6-33-4)18(29)26-16(11(3)27)20(31)32/h8-11,13-16,27H,5-7,21H2,1-4H3,(H,22,23)(H,24,30)(H,25,28)(H,26,29)(H,31,32). The molecule has 1 aromatic rings. The van der Waals surface area contributed by atoms with Crippen LogP contribution >= 0.6 is 11.8 Å². The smallest absolute Gasteiger partial charge is 0.328 e. The second-order valence-electron chi connectivity index (χ2n) is 8.03. The van der Waals surface area contributed by atoms with Gasteiger partial charge in [0.2, 0.25) is 17.7 Å². The highest BCUT2D eigenvalue weighted by Gasteiger charge is 2.32. The maximum absolute atomic E-state index is 13.0. The van der Waals surface area contributed by atoms with Crippen molar-refractivity contribution >= 4 is 35.5 Å². The third kappa shape index (κ3) is 9.40. The van der Waals surface area contributed by atoms with Gasteiger partial charge in [-0.3, -0.25) is 14.4 Å². The van der Waals surface area contributed by atoms with Gasteiger partial charge in [-0.2, -0.15) is 11.8 Å². The van der Waals surface area contributed by atoms with Gasteiger partial charge in [-0.1, -0.05) is 13.8 Å². The molecule has 0 aliphatic rings. The number of aromatic nitrogens is 2. The summed E-state index contributed by atoms with van der Waals surface area (Å²) in [7, 11) is 0. The van der Waals surface area contributed by atoms with Crippen LogP contribution in [0.5, 0.6) is 0 Å². The first kappa shape index (κ1) is 28.4. The molecule has 0 fully saturated rings. The number of hydrogen-bond donors (Lipinski definition) is 7. The van der Waals surface area contributed by atoms with E-state index in [0.29, 0.717) is 11.4 Å². The van der Waals surface area contributed by atoms with Crippen molar-refractivity contribution in [3.63, 3.8) is 0 Å². The van der Waals surface area contributed by atoms with Gasteiger partial charge in [0.1, 0.15) is 12.1 Å². The summed E-state index contributed by atoms with van der Waals surface area (Å²) < 4.78 is 0. The number of thioether (sulfide) groups is 1. The van der Waals surface area contributed by atoms with Crippen molar-refractivity contribution in [2.24, 2.45) is 11.7 Å². The van der Waals surface area contributed by atoms with E-state index in [2.05, 4.69) is 25.9 Å². The molecule has 0 spiro atoms. The summed E-state index contributed by atoms with van der Waals surface area (Å²) in [6, 6.07) is -4.46. The highest BCUT2D eigenvalue weighted by Crippen LogP contribution is 2.08. The number of hydrogen-bond acceptors (Lipinski definition) is 8. The fourth-order valence-electron chi connectivity index (χ4n) is 2.93. The van der Waals surface area contributed by atoms with E-state index in [9.17, 15) is 29.4 Å². The van der Waals surface area contributed by atoms with E-state index in [1.165, 1.54) is 25.0 Å². The fraction of sp³-hybridized carbons (Fsp3) is 0.650. The van der Waals surface area contributed by atoms with Gasteiger partial charge in [0.15, 0.2) is 6.04 Å². The number of carboxylic acid groups (broad SMARTS) is 1. The average molecular weight is 487 g/mol. The summed E-state index contributed by atoms with van der Waals surface area (Å²) in [5.41, 5.74) is 6.62. The predicted molar refractivity (Wildman–Crippen MR) is 123 cm³/mol. The van der Waals surface area contributed by atoms with Gasteiger partial charge in [0.05, 0.1) is 18.5 Å². The van der Waals surface area contributed by atoms with Crippen LogP contribution in [-0.4, -0.2) is 86.2 Å². The second kappa shape index (κ2) is 13.8. The Hall–Kier alpha value is -2.64. The van der Waals surface area contributed by atoms with Gasteiger partial charge in [-0.25, -0.2) is 9.78 Å². The van der Waals surface area contributed by atoms with Crippen LogP contribution in [0.25, 0.3) is 0 Å². The lowest BCUT2D eigenvalue weighted by molar-refractivity contribution is -0.145. The molecular weight excluding hydrogens is 452 g/mol. The highest BCUT2D eigenvalue weighted by molar-refractivity contribution is 7.98. The van der Waals surface area contributed by atoms with Crippen molar-refractivity contribution in [3.05, 3.63) is 18.2 Å². The van der Waals surface area contributed by atoms with E-state index in [-0.39, 0.29) is 18.8 Å². The lowest BCUT2D eigenvalue weighted by Crippen LogP contribution is -2.59. The molecule has 1 aromatic heterocycles. The molecule has 1 heterocycles. The first-order chi connectivity index (χ1) is 15.5. The number of amides is 3. The number of nitrogens with zero attached hydrogens (tertiary/aromatic N) is 1. The van der Waals surface area contributed by atoms with Crippen LogP contribution in [0.4, 0.5) is 0 Å². The van der Waals surface area contributed by atoms with Crippen LogP contribution in [0.15, 0.2) is 12.5 Å². The molecule has 13 heteroatoms. The Balaban J connectivity index is 2.88. The Labute approximate surface area is 196 Å². The number of rotatable bonds is 14. The molecule has 0 saturated heterocycles. The number of H-pyrrole nitrogens is 1. The topological polar surface area (TPSA) is 200 Å². The first-order valence-corrected chi connectivity index (χ1v) is 11.9. The third-order valence-corrected chi connectivity index (χ3v) is 5.51. The zero-order valence-corrected chi connectivity index (χ0v) is 20.0. The summed E-state index contributed by atoms with van der Waals surface area (Å²) in [6.07, 6.45) is 3.94. The quantitative estimate of drug-likeness (QED) is 0.165. The summed E-state index contributed by atoms with van der Waals surface area (Å²) in [4.78, 5) is 56.2. The van der Waals surface area contributed by atoms with Gasteiger partial charge in [0, 0.05) is 18.3 Å². The lowest BCUT2D eigenvalue weighted by Gasteiger charge is -2.27. The molecule has 12 nitrogen and oxygen atoms in total. The molecule has 1 rings (SSSR count). The number of imidazole rings is 1. The number of aromatic amines is 1. The van der Waals surface area contributed by atoms with Gasteiger partial charge in [-0.15, -0.1) is 0 Å². The Bertz CT molecular complexity index is 788. The van der Waals surface area contributed by atoms with Gasteiger partial charge >= 0.3 is 5.97 Å². The molecular formula is C20H34N6O6S. The summed E-state index contributed by atoms with van der Waals surface area (Å²) in [5, 5.41) is 26.3. The largest absolute Gasteiger partial charge is 0.480 e. The predicted octanol–water partition coefficient (Wildman–Crippen LogP) is -1.39. The van der Waals surface area contributed by atoms with E-state index in [1.807, 2.05) is 6.26 Å². The molecule has 3 amide bonds.